The van der Waals surface area contributed by atoms with Crippen molar-refractivity contribution >= 4 is 57.3 Å². The topological polar surface area (TPSA) is 106 Å². The minimum Gasteiger partial charge on any atom is -0.469 e. The van der Waals surface area contributed by atoms with Crippen molar-refractivity contribution in [3.05, 3.63) is 80.6 Å². The van der Waals surface area contributed by atoms with Crippen molar-refractivity contribution in [3.8, 4) is 0 Å². The van der Waals surface area contributed by atoms with Gasteiger partial charge in [-0.15, -0.1) is 11.3 Å². The fourth-order valence-corrected chi connectivity index (χ4v) is 7.50. The number of methoxy groups -OCH3 is 2. The maximum atomic E-state index is 15.5. The molecule has 0 radical (unpaired) electrons. The number of likely N-dealkylation sites (tertiary alicyclic amines) is 2. The average Bonchev–Trinajstić information content (AvgIpc) is 3.75. The lowest BCUT2D eigenvalue weighted by Crippen LogP contribution is -2.56. The van der Waals surface area contributed by atoms with Gasteiger partial charge in [-0.25, -0.2) is 9.37 Å². The summed E-state index contributed by atoms with van der Waals surface area (Å²) in [6.45, 7) is 2.05. The number of aryl methyl sites for hydroxylation is 2. The Morgan fingerprint density at radius 1 is 1.15 bits per heavy atom. The van der Waals surface area contributed by atoms with Crippen LogP contribution in [0.5, 0.6) is 0 Å². The van der Waals surface area contributed by atoms with Gasteiger partial charge in [0.2, 0.25) is 5.91 Å². The summed E-state index contributed by atoms with van der Waals surface area (Å²) in [5, 5.41) is 4.41. The Bertz CT molecular complexity index is 1790. The number of hydrogen-bond donors (Lipinski definition) is 1. The lowest BCUT2D eigenvalue weighted by Gasteiger charge is -2.42. The molecule has 46 heavy (non-hydrogen) atoms. The van der Waals surface area contributed by atoms with Crippen LogP contribution in [0, 0.1) is 5.82 Å². The zero-order valence-corrected chi connectivity index (χ0v) is 27.4. The van der Waals surface area contributed by atoms with Crippen LogP contribution < -0.4 is 5.32 Å². The molecule has 2 atom stereocenters. The van der Waals surface area contributed by atoms with Crippen molar-refractivity contribution in [2.24, 2.45) is 7.05 Å². The lowest BCUT2D eigenvalue weighted by atomic mass is 10.1. The number of nitrogens with one attached hydrogen (secondary N) is 1. The summed E-state index contributed by atoms with van der Waals surface area (Å²) in [6.07, 6.45) is 4.87. The second-order valence-corrected chi connectivity index (χ2v) is 13.3. The minimum atomic E-state index is -0.636. The van der Waals surface area contributed by atoms with E-state index in [2.05, 4.69) is 15.2 Å². The molecule has 2 amide bonds. The van der Waals surface area contributed by atoms with Crippen molar-refractivity contribution in [1.29, 1.82) is 0 Å². The highest BCUT2D eigenvalue weighted by Gasteiger charge is 2.43. The average molecular weight is 668 g/mol. The molecule has 2 saturated heterocycles. The van der Waals surface area contributed by atoms with E-state index in [0.29, 0.717) is 24.9 Å². The second kappa shape index (κ2) is 13.5. The molecule has 2 fully saturated rings. The van der Waals surface area contributed by atoms with Crippen LogP contribution in [0.15, 0.2) is 48.8 Å². The number of ether oxygens (including phenoxy) is 2. The number of anilines is 1. The standard InChI is InChI=1S/C33H35ClFN5O5S/c1-38-18-24(23-6-4-5-7-28(23)38)32(43)37-27-13-26(35)19(10-25(27)34)11-30(41)40-15-20(39-16-21(17-39)44-2)12-29(40)33-36-14-22(46-33)8-9-31(42)45-3/h4-7,10,13-14,18,20-21,29H,8-9,11-12,15-17H2,1-3H3,(H,37,43)/t20-,29-/m0/s1. The fourth-order valence-electron chi connectivity index (χ4n) is 6.22. The normalized spacial score (nSPS) is 18.6. The molecule has 2 aliphatic heterocycles. The number of benzene rings is 2. The Morgan fingerprint density at radius 2 is 1.93 bits per heavy atom. The monoisotopic (exact) mass is 667 g/mol. The number of fused-ring (bicyclic) bond motifs is 1. The van der Waals surface area contributed by atoms with E-state index < -0.39 is 11.7 Å². The van der Waals surface area contributed by atoms with Crippen LogP contribution >= 0.6 is 22.9 Å². The molecule has 6 rings (SSSR count). The number of carbonyl (C=O) groups is 3. The van der Waals surface area contributed by atoms with E-state index in [4.69, 9.17) is 21.1 Å². The largest absolute Gasteiger partial charge is 0.469 e. The zero-order valence-electron chi connectivity index (χ0n) is 25.8. The Morgan fingerprint density at radius 3 is 2.70 bits per heavy atom. The van der Waals surface area contributed by atoms with Crippen molar-refractivity contribution in [2.75, 3.05) is 39.2 Å². The van der Waals surface area contributed by atoms with Gasteiger partial charge in [0.1, 0.15) is 10.8 Å². The summed E-state index contributed by atoms with van der Waals surface area (Å²) in [6, 6.07) is 9.91. The van der Waals surface area contributed by atoms with E-state index in [1.165, 1.54) is 24.5 Å². The molecule has 4 heterocycles. The van der Waals surface area contributed by atoms with Gasteiger partial charge in [-0.1, -0.05) is 29.8 Å². The van der Waals surface area contributed by atoms with Crippen LogP contribution in [0.1, 0.15) is 44.7 Å². The number of nitrogens with zero attached hydrogens (tertiary/aromatic N) is 4. The van der Waals surface area contributed by atoms with E-state index in [0.717, 1.165) is 39.9 Å². The van der Waals surface area contributed by atoms with E-state index in [-0.39, 0.29) is 59.2 Å². The lowest BCUT2D eigenvalue weighted by molar-refractivity contribution is -0.140. The first-order valence-electron chi connectivity index (χ1n) is 15.1. The predicted molar refractivity (Wildman–Crippen MR) is 174 cm³/mol. The summed E-state index contributed by atoms with van der Waals surface area (Å²) in [5.41, 5.74) is 1.60. The summed E-state index contributed by atoms with van der Waals surface area (Å²) in [5.74, 6) is -1.59. The Balaban J connectivity index is 1.18. The third-order valence-electron chi connectivity index (χ3n) is 8.85. The van der Waals surface area contributed by atoms with E-state index in [1.807, 2.05) is 35.9 Å². The summed E-state index contributed by atoms with van der Waals surface area (Å²) < 4.78 is 27.5. The van der Waals surface area contributed by atoms with Gasteiger partial charge in [-0.05, 0) is 36.6 Å². The van der Waals surface area contributed by atoms with Gasteiger partial charge in [0.05, 0.1) is 48.4 Å². The molecule has 10 nitrogen and oxygen atoms in total. The zero-order chi connectivity index (χ0) is 32.5. The Hall–Kier alpha value is -3.84. The summed E-state index contributed by atoms with van der Waals surface area (Å²) in [7, 11) is 4.91. The van der Waals surface area contributed by atoms with Crippen molar-refractivity contribution in [2.45, 2.75) is 43.9 Å². The van der Waals surface area contributed by atoms with E-state index in [9.17, 15) is 14.4 Å². The van der Waals surface area contributed by atoms with Gasteiger partial charge in [-0.3, -0.25) is 19.3 Å². The molecule has 2 aliphatic rings. The number of amides is 2. The number of para-hydroxylation sites is 1. The van der Waals surface area contributed by atoms with Crippen LogP contribution in [0.2, 0.25) is 5.02 Å². The van der Waals surface area contributed by atoms with Crippen LogP contribution in [-0.2, 0) is 39.0 Å². The van der Waals surface area contributed by atoms with E-state index >= 15 is 4.39 Å². The smallest absolute Gasteiger partial charge is 0.305 e. The Labute approximate surface area is 275 Å². The molecule has 13 heteroatoms. The highest BCUT2D eigenvalue weighted by atomic mass is 35.5. The van der Waals surface area contributed by atoms with Gasteiger partial charge in [0, 0.05) is 68.0 Å². The van der Waals surface area contributed by atoms with Crippen molar-refractivity contribution in [1.82, 2.24) is 19.4 Å². The molecule has 242 valence electrons. The number of aromatic nitrogens is 2. The highest BCUT2D eigenvalue weighted by Crippen LogP contribution is 2.39. The maximum Gasteiger partial charge on any atom is 0.305 e. The third-order valence-corrected chi connectivity index (χ3v) is 10.3. The first kappa shape index (κ1) is 32.1. The van der Waals surface area contributed by atoms with Crippen LogP contribution in [0.4, 0.5) is 10.1 Å². The maximum absolute atomic E-state index is 15.5. The van der Waals surface area contributed by atoms with Gasteiger partial charge >= 0.3 is 5.97 Å². The summed E-state index contributed by atoms with van der Waals surface area (Å²) >= 11 is 8.01. The SMILES string of the molecule is COC(=O)CCc1cnc([C@@H]2C[C@H](N3CC(OC)C3)CN2C(=O)Cc2cc(Cl)c(NC(=O)c3cn(C)c4ccccc34)cc2F)s1. The van der Waals surface area contributed by atoms with Crippen LogP contribution in [0.3, 0.4) is 0 Å². The fraction of sp³-hybridized carbons (Fsp3) is 0.394. The molecule has 0 aliphatic carbocycles. The first-order chi connectivity index (χ1) is 22.1. The van der Waals surface area contributed by atoms with Gasteiger partial charge in [0.25, 0.3) is 5.91 Å². The van der Waals surface area contributed by atoms with Gasteiger partial charge < -0.3 is 24.3 Å². The third kappa shape index (κ3) is 6.52. The predicted octanol–water partition coefficient (Wildman–Crippen LogP) is 5.00. The number of thiazole rings is 1. The summed E-state index contributed by atoms with van der Waals surface area (Å²) in [4.78, 5) is 48.2. The number of carbonyl (C=O) groups excluding carboxylic acids is 3. The van der Waals surface area contributed by atoms with Crippen LogP contribution in [-0.4, -0.2) is 83.1 Å². The number of hydrogen-bond acceptors (Lipinski definition) is 8. The molecule has 2 aromatic carbocycles. The quantitative estimate of drug-likeness (QED) is 0.237. The molecule has 1 N–H and O–H groups in total. The molecule has 0 bridgehead atoms. The number of rotatable bonds is 10. The molecule has 2 aromatic heterocycles. The minimum absolute atomic E-state index is 0.114. The molecule has 4 aromatic rings. The van der Waals surface area contributed by atoms with Gasteiger partial charge in [0.15, 0.2) is 0 Å². The van der Waals surface area contributed by atoms with Crippen LogP contribution in [0.25, 0.3) is 10.9 Å². The molecular weight excluding hydrogens is 633 g/mol. The highest BCUT2D eigenvalue weighted by molar-refractivity contribution is 7.11. The molecule has 0 unspecified atom stereocenters. The molecule has 0 spiro atoms. The van der Waals surface area contributed by atoms with Crippen molar-refractivity contribution < 1.29 is 28.2 Å². The van der Waals surface area contributed by atoms with Crippen molar-refractivity contribution in [3.63, 3.8) is 0 Å². The molecule has 0 saturated carbocycles. The van der Waals surface area contributed by atoms with E-state index in [1.54, 1.807) is 24.4 Å². The second-order valence-electron chi connectivity index (χ2n) is 11.7. The molecular formula is C33H35ClFN5O5S. The Kier molecular flexibility index (Phi) is 9.42. The first-order valence-corrected chi connectivity index (χ1v) is 16.3. The number of halogens is 2. The number of esters is 1. The van der Waals surface area contributed by atoms with Gasteiger partial charge in [-0.2, -0.15) is 0 Å².